The van der Waals surface area contributed by atoms with Crippen molar-refractivity contribution in [3.8, 4) is 0 Å². The number of nitrogens with one attached hydrogen (secondary N) is 1. The number of aromatic nitrogens is 2. The molecule has 2 aromatic rings. The highest BCUT2D eigenvalue weighted by Crippen LogP contribution is 2.22. The van der Waals surface area contributed by atoms with Crippen molar-refractivity contribution in [2.24, 2.45) is 5.73 Å². The van der Waals surface area contributed by atoms with Crippen LogP contribution >= 0.6 is 12.2 Å². The summed E-state index contributed by atoms with van der Waals surface area (Å²) in [5, 5.41) is 2.47. The Morgan fingerprint density at radius 3 is 2.37 bits per heavy atom. The standard InChI is InChI=1S/C11H7F3N4S/c12-5-3-7(14)8(4-6(5)13)18-11-9(10(15)19)16-1-2-17-11/h1-4H,(H2,15,19)(H,17,18). The number of halogens is 3. The van der Waals surface area contributed by atoms with Crippen molar-refractivity contribution in [3.05, 3.63) is 47.7 Å². The largest absolute Gasteiger partial charge is 0.388 e. The second-order valence-electron chi connectivity index (χ2n) is 3.49. The highest BCUT2D eigenvalue weighted by molar-refractivity contribution is 7.80. The fraction of sp³-hybridized carbons (Fsp3) is 0. The fourth-order valence-electron chi connectivity index (χ4n) is 1.36. The van der Waals surface area contributed by atoms with Gasteiger partial charge in [0.15, 0.2) is 17.5 Å². The summed E-state index contributed by atoms with van der Waals surface area (Å²) in [5.74, 6) is -3.39. The van der Waals surface area contributed by atoms with Gasteiger partial charge in [0.05, 0.1) is 5.69 Å². The van der Waals surface area contributed by atoms with Crippen molar-refractivity contribution in [3.63, 3.8) is 0 Å². The normalized spacial score (nSPS) is 10.3. The second-order valence-corrected chi connectivity index (χ2v) is 3.93. The molecule has 0 fully saturated rings. The first-order chi connectivity index (χ1) is 8.99. The zero-order valence-electron chi connectivity index (χ0n) is 9.32. The minimum absolute atomic E-state index is 0.0555. The van der Waals surface area contributed by atoms with Gasteiger partial charge in [-0.1, -0.05) is 12.2 Å². The van der Waals surface area contributed by atoms with E-state index in [0.29, 0.717) is 12.1 Å². The predicted molar refractivity (Wildman–Crippen MR) is 67.5 cm³/mol. The van der Waals surface area contributed by atoms with E-state index in [1.165, 1.54) is 12.4 Å². The highest BCUT2D eigenvalue weighted by Gasteiger charge is 2.13. The number of nitrogens with two attached hydrogens (primary N) is 1. The fourth-order valence-corrected chi connectivity index (χ4v) is 1.51. The first kappa shape index (κ1) is 13.2. The molecular formula is C11H7F3N4S. The van der Waals surface area contributed by atoms with Gasteiger partial charge in [-0.25, -0.2) is 23.1 Å². The van der Waals surface area contributed by atoms with Crippen molar-refractivity contribution in [1.29, 1.82) is 0 Å². The molecule has 0 aliphatic heterocycles. The van der Waals surface area contributed by atoms with Crippen molar-refractivity contribution in [2.45, 2.75) is 0 Å². The molecule has 0 amide bonds. The maximum Gasteiger partial charge on any atom is 0.161 e. The van der Waals surface area contributed by atoms with Gasteiger partial charge in [0.1, 0.15) is 16.5 Å². The van der Waals surface area contributed by atoms with Gasteiger partial charge in [0, 0.05) is 24.5 Å². The topological polar surface area (TPSA) is 63.8 Å². The Balaban J connectivity index is 2.42. The van der Waals surface area contributed by atoms with Crippen LogP contribution in [0.25, 0.3) is 0 Å². The van der Waals surface area contributed by atoms with Gasteiger partial charge in [-0.15, -0.1) is 0 Å². The third kappa shape index (κ3) is 2.79. The third-order valence-electron chi connectivity index (χ3n) is 2.19. The number of benzene rings is 1. The van der Waals surface area contributed by atoms with Gasteiger partial charge in [0.25, 0.3) is 0 Å². The molecule has 0 radical (unpaired) electrons. The minimum Gasteiger partial charge on any atom is -0.388 e. The summed E-state index contributed by atoms with van der Waals surface area (Å²) >= 11 is 4.75. The molecule has 3 N–H and O–H groups in total. The van der Waals surface area contributed by atoms with Crippen LogP contribution in [0.1, 0.15) is 5.69 Å². The van der Waals surface area contributed by atoms with Crippen LogP contribution in [0.2, 0.25) is 0 Å². The van der Waals surface area contributed by atoms with Crippen LogP contribution < -0.4 is 11.1 Å². The number of hydrogen-bond donors (Lipinski definition) is 2. The molecular weight excluding hydrogens is 277 g/mol. The third-order valence-corrected chi connectivity index (χ3v) is 2.39. The van der Waals surface area contributed by atoms with Crippen LogP contribution in [0, 0.1) is 17.5 Å². The van der Waals surface area contributed by atoms with Crippen molar-refractivity contribution in [1.82, 2.24) is 9.97 Å². The summed E-state index contributed by atoms with van der Waals surface area (Å²) in [6, 6.07) is 1.09. The summed E-state index contributed by atoms with van der Waals surface area (Å²) in [6.45, 7) is 0. The lowest BCUT2D eigenvalue weighted by atomic mass is 10.2. The Bertz CT molecular complexity index is 648. The lowest BCUT2D eigenvalue weighted by Gasteiger charge is -2.10. The van der Waals surface area contributed by atoms with E-state index < -0.39 is 17.5 Å². The molecule has 1 heterocycles. The minimum atomic E-state index is -1.28. The molecule has 4 nitrogen and oxygen atoms in total. The lowest BCUT2D eigenvalue weighted by Crippen LogP contribution is -2.15. The van der Waals surface area contributed by atoms with Gasteiger partial charge < -0.3 is 11.1 Å². The molecule has 0 atom stereocenters. The molecule has 0 saturated heterocycles. The van der Waals surface area contributed by atoms with Crippen LogP contribution in [0.15, 0.2) is 24.5 Å². The predicted octanol–water partition coefficient (Wildman–Crippen LogP) is 2.27. The SMILES string of the molecule is NC(=S)c1nccnc1Nc1cc(F)c(F)cc1F. The average Bonchev–Trinajstić information content (AvgIpc) is 2.36. The Morgan fingerprint density at radius 2 is 1.68 bits per heavy atom. The molecule has 0 unspecified atom stereocenters. The number of hydrogen-bond acceptors (Lipinski definition) is 4. The highest BCUT2D eigenvalue weighted by atomic mass is 32.1. The van der Waals surface area contributed by atoms with E-state index in [1.54, 1.807) is 0 Å². The molecule has 0 saturated carbocycles. The summed E-state index contributed by atoms with van der Waals surface area (Å²) in [7, 11) is 0. The Hall–Kier alpha value is -2.22. The molecule has 0 aliphatic rings. The summed E-state index contributed by atoms with van der Waals surface area (Å²) < 4.78 is 39.3. The Kier molecular flexibility index (Phi) is 3.61. The number of thiocarbonyl (C=S) groups is 1. The van der Waals surface area contributed by atoms with Gasteiger partial charge in [0.2, 0.25) is 0 Å². The summed E-state index contributed by atoms with van der Waals surface area (Å²) in [5.41, 5.74) is 5.25. The number of nitrogens with zero attached hydrogens (tertiary/aromatic N) is 2. The average molecular weight is 284 g/mol. The lowest BCUT2D eigenvalue weighted by molar-refractivity contribution is 0.496. The van der Waals surface area contributed by atoms with Crippen molar-refractivity contribution < 1.29 is 13.2 Å². The van der Waals surface area contributed by atoms with Gasteiger partial charge in [-0.2, -0.15) is 0 Å². The Morgan fingerprint density at radius 1 is 1.05 bits per heavy atom. The second kappa shape index (κ2) is 5.19. The molecule has 8 heteroatoms. The van der Waals surface area contributed by atoms with E-state index in [9.17, 15) is 13.2 Å². The maximum atomic E-state index is 13.5. The number of anilines is 2. The summed E-state index contributed by atoms with van der Waals surface area (Å²) in [6.07, 6.45) is 2.67. The Labute approximate surface area is 111 Å². The molecule has 2 rings (SSSR count). The maximum absolute atomic E-state index is 13.5. The smallest absolute Gasteiger partial charge is 0.161 e. The first-order valence-corrected chi connectivity index (χ1v) is 5.42. The van der Waals surface area contributed by atoms with Gasteiger partial charge in [-0.05, 0) is 0 Å². The zero-order valence-corrected chi connectivity index (χ0v) is 10.1. The van der Waals surface area contributed by atoms with E-state index in [4.69, 9.17) is 18.0 Å². The molecule has 19 heavy (non-hydrogen) atoms. The van der Waals surface area contributed by atoms with Crippen LogP contribution in [0.4, 0.5) is 24.7 Å². The van der Waals surface area contributed by atoms with E-state index in [-0.39, 0.29) is 22.2 Å². The van der Waals surface area contributed by atoms with E-state index in [1.807, 2.05) is 0 Å². The van der Waals surface area contributed by atoms with Crippen molar-refractivity contribution in [2.75, 3.05) is 5.32 Å². The van der Waals surface area contributed by atoms with Crippen LogP contribution in [0.5, 0.6) is 0 Å². The van der Waals surface area contributed by atoms with Gasteiger partial charge in [-0.3, -0.25) is 0 Å². The van der Waals surface area contributed by atoms with Crippen LogP contribution in [-0.2, 0) is 0 Å². The quantitative estimate of drug-likeness (QED) is 0.668. The van der Waals surface area contributed by atoms with E-state index in [0.717, 1.165) is 0 Å². The molecule has 0 spiro atoms. The van der Waals surface area contributed by atoms with Gasteiger partial charge >= 0.3 is 0 Å². The number of rotatable bonds is 3. The molecule has 0 bridgehead atoms. The van der Waals surface area contributed by atoms with Crippen LogP contribution in [-0.4, -0.2) is 15.0 Å². The van der Waals surface area contributed by atoms with E-state index >= 15 is 0 Å². The summed E-state index contributed by atoms with van der Waals surface area (Å²) in [4.78, 5) is 7.67. The zero-order chi connectivity index (χ0) is 14.0. The first-order valence-electron chi connectivity index (χ1n) is 5.01. The molecule has 1 aromatic carbocycles. The molecule has 1 aromatic heterocycles. The van der Waals surface area contributed by atoms with Crippen LogP contribution in [0.3, 0.4) is 0 Å². The monoisotopic (exact) mass is 284 g/mol. The molecule has 0 aliphatic carbocycles. The molecule has 98 valence electrons. The van der Waals surface area contributed by atoms with E-state index in [2.05, 4.69) is 15.3 Å². The van der Waals surface area contributed by atoms with Crippen molar-refractivity contribution >= 4 is 28.7 Å².